The van der Waals surface area contributed by atoms with Crippen LogP contribution in [0.5, 0.6) is 0 Å². The lowest BCUT2D eigenvalue weighted by atomic mass is 10.2. The van der Waals surface area contributed by atoms with Gasteiger partial charge in [-0.1, -0.05) is 0 Å². The number of carbonyl (C=O) groups excluding carboxylic acids is 2. The van der Waals surface area contributed by atoms with Crippen molar-refractivity contribution in [1.82, 2.24) is 30.0 Å². The van der Waals surface area contributed by atoms with Crippen LogP contribution in [0.25, 0.3) is 0 Å². The van der Waals surface area contributed by atoms with Crippen LogP contribution in [0.2, 0.25) is 0 Å². The summed E-state index contributed by atoms with van der Waals surface area (Å²) in [6, 6.07) is 2.81. The summed E-state index contributed by atoms with van der Waals surface area (Å²) in [4.78, 5) is 30.7. The molecule has 4 rings (SSSR count). The molecule has 0 bridgehead atoms. The summed E-state index contributed by atoms with van der Waals surface area (Å²) in [5, 5.41) is 13.8. The highest BCUT2D eigenvalue weighted by Crippen LogP contribution is 2.28. The number of aromatic nitrogens is 4. The zero-order valence-electron chi connectivity index (χ0n) is 14.8. The summed E-state index contributed by atoms with van der Waals surface area (Å²) in [7, 11) is 0. The van der Waals surface area contributed by atoms with Crippen LogP contribution in [-0.2, 0) is 22.5 Å². The van der Waals surface area contributed by atoms with Crippen molar-refractivity contribution in [3.63, 3.8) is 0 Å². The van der Waals surface area contributed by atoms with Gasteiger partial charge in [-0.2, -0.15) is 0 Å². The monoisotopic (exact) mass is 371 g/mol. The number of ether oxygens (including phenoxy) is 1. The number of hydrogen-bond donors (Lipinski definition) is 2. The van der Waals surface area contributed by atoms with Crippen LogP contribution in [0.4, 0.5) is 10.5 Å². The zero-order valence-corrected chi connectivity index (χ0v) is 14.8. The number of fused-ring (bicyclic) bond motifs is 1. The summed E-state index contributed by atoms with van der Waals surface area (Å²) in [5.41, 5.74) is 0.599. The number of morpholine rings is 1. The first-order valence-corrected chi connectivity index (χ1v) is 8.96. The largest absolute Gasteiger partial charge is 0.378 e. The minimum absolute atomic E-state index is 0.0675. The molecule has 10 heteroatoms. The molecule has 0 aliphatic carbocycles. The Balaban J connectivity index is 1.40. The first-order valence-electron chi connectivity index (χ1n) is 8.96. The predicted octanol–water partition coefficient (Wildman–Crippen LogP) is 0.341. The summed E-state index contributed by atoms with van der Waals surface area (Å²) in [5.74, 6) is 1.43. The van der Waals surface area contributed by atoms with E-state index in [1.54, 1.807) is 24.5 Å². The molecule has 2 N–H and O–H groups in total. The van der Waals surface area contributed by atoms with Gasteiger partial charge in [0.2, 0.25) is 5.91 Å². The molecule has 1 atom stereocenters. The molecule has 0 saturated carbocycles. The second-order valence-electron chi connectivity index (χ2n) is 6.44. The smallest absolute Gasteiger partial charge is 0.319 e. The minimum atomic E-state index is -0.366. The molecular weight excluding hydrogens is 350 g/mol. The molecule has 2 aromatic heterocycles. The van der Waals surface area contributed by atoms with Crippen LogP contribution in [0.3, 0.4) is 0 Å². The van der Waals surface area contributed by atoms with Crippen LogP contribution in [-0.4, -0.2) is 62.9 Å². The Labute approximate surface area is 155 Å². The number of anilines is 1. The molecule has 2 aliphatic rings. The van der Waals surface area contributed by atoms with E-state index in [4.69, 9.17) is 4.74 Å². The predicted molar refractivity (Wildman–Crippen MR) is 94.9 cm³/mol. The Morgan fingerprint density at radius 1 is 1.26 bits per heavy atom. The molecule has 1 unspecified atom stereocenters. The SMILES string of the molecule is O=C(NCc1nnc2n1C(C(=O)N1CCOCC1)CC2)Nc1cccnc1. The van der Waals surface area contributed by atoms with Gasteiger partial charge in [0.05, 0.1) is 31.6 Å². The average Bonchev–Trinajstić information content (AvgIpc) is 3.30. The van der Waals surface area contributed by atoms with Crippen molar-refractivity contribution < 1.29 is 14.3 Å². The summed E-state index contributed by atoms with van der Waals surface area (Å²) >= 11 is 0. The Hall–Kier alpha value is -3.01. The van der Waals surface area contributed by atoms with E-state index in [0.717, 1.165) is 5.82 Å². The van der Waals surface area contributed by atoms with Crippen molar-refractivity contribution in [1.29, 1.82) is 0 Å². The van der Waals surface area contributed by atoms with Gasteiger partial charge in [0.15, 0.2) is 5.82 Å². The fraction of sp³-hybridized carbons (Fsp3) is 0.471. The second-order valence-corrected chi connectivity index (χ2v) is 6.44. The van der Waals surface area contributed by atoms with Crippen LogP contribution in [0, 0.1) is 0 Å². The number of carbonyl (C=O) groups is 2. The molecular formula is C17H21N7O3. The van der Waals surface area contributed by atoms with Gasteiger partial charge >= 0.3 is 6.03 Å². The molecule has 4 heterocycles. The van der Waals surface area contributed by atoms with Crippen LogP contribution in [0.1, 0.15) is 24.1 Å². The van der Waals surface area contributed by atoms with Crippen LogP contribution in [0.15, 0.2) is 24.5 Å². The Morgan fingerprint density at radius 2 is 2.11 bits per heavy atom. The number of amides is 3. The third kappa shape index (κ3) is 3.75. The molecule has 2 aliphatic heterocycles. The number of aryl methyl sites for hydroxylation is 1. The molecule has 10 nitrogen and oxygen atoms in total. The lowest BCUT2D eigenvalue weighted by Crippen LogP contribution is -2.44. The number of urea groups is 1. The van der Waals surface area contributed by atoms with Gasteiger partial charge in [-0.15, -0.1) is 10.2 Å². The van der Waals surface area contributed by atoms with Gasteiger partial charge < -0.3 is 24.8 Å². The molecule has 1 saturated heterocycles. The van der Waals surface area contributed by atoms with Gasteiger partial charge in [0, 0.05) is 25.7 Å². The van der Waals surface area contributed by atoms with E-state index in [1.165, 1.54) is 0 Å². The number of pyridine rings is 1. The summed E-state index contributed by atoms with van der Waals surface area (Å²) in [6.45, 7) is 2.53. The number of nitrogens with one attached hydrogen (secondary N) is 2. The number of hydrogen-bond acceptors (Lipinski definition) is 6. The maximum Gasteiger partial charge on any atom is 0.319 e. The maximum absolute atomic E-state index is 12.9. The van der Waals surface area contributed by atoms with Gasteiger partial charge in [-0.25, -0.2) is 4.79 Å². The third-order valence-electron chi connectivity index (χ3n) is 4.72. The summed E-state index contributed by atoms with van der Waals surface area (Å²) in [6.07, 6.45) is 4.60. The highest BCUT2D eigenvalue weighted by molar-refractivity contribution is 5.88. The number of nitrogens with zero attached hydrogens (tertiary/aromatic N) is 5. The van der Waals surface area contributed by atoms with Crippen molar-refractivity contribution in [3.05, 3.63) is 36.2 Å². The van der Waals surface area contributed by atoms with E-state index in [2.05, 4.69) is 25.8 Å². The van der Waals surface area contributed by atoms with Crippen molar-refractivity contribution in [2.75, 3.05) is 31.6 Å². The van der Waals surface area contributed by atoms with Crippen molar-refractivity contribution in [2.24, 2.45) is 0 Å². The lowest BCUT2D eigenvalue weighted by molar-refractivity contribution is -0.138. The van der Waals surface area contributed by atoms with Crippen molar-refractivity contribution in [2.45, 2.75) is 25.4 Å². The Bertz CT molecular complexity index is 817. The standard InChI is InChI=1S/C17H21N7O3/c25-16(23-6-8-27-9-7-23)13-3-4-14-21-22-15(24(13)14)11-19-17(26)20-12-2-1-5-18-10-12/h1-2,5,10,13H,3-4,6-9,11H2,(H2,19,20,26). The summed E-state index contributed by atoms with van der Waals surface area (Å²) < 4.78 is 7.18. The van der Waals surface area contributed by atoms with Gasteiger partial charge in [-0.05, 0) is 18.6 Å². The normalized spacial score (nSPS) is 18.8. The molecule has 3 amide bonds. The van der Waals surface area contributed by atoms with E-state index in [-0.39, 0.29) is 24.5 Å². The molecule has 0 radical (unpaired) electrons. The van der Waals surface area contributed by atoms with Crippen LogP contribution >= 0.6 is 0 Å². The lowest BCUT2D eigenvalue weighted by Gasteiger charge is -2.29. The second kappa shape index (κ2) is 7.70. The van der Waals surface area contributed by atoms with Crippen molar-refractivity contribution in [3.8, 4) is 0 Å². The highest BCUT2D eigenvalue weighted by Gasteiger charge is 2.35. The molecule has 27 heavy (non-hydrogen) atoms. The fourth-order valence-electron chi connectivity index (χ4n) is 3.41. The maximum atomic E-state index is 12.9. The number of rotatable bonds is 4. The average molecular weight is 371 g/mol. The van der Waals surface area contributed by atoms with E-state index < -0.39 is 0 Å². The topological polar surface area (TPSA) is 114 Å². The van der Waals surface area contributed by atoms with Crippen molar-refractivity contribution >= 4 is 17.6 Å². The Kier molecular flexibility index (Phi) is 4.97. The first kappa shape index (κ1) is 17.4. The minimum Gasteiger partial charge on any atom is -0.378 e. The van der Waals surface area contributed by atoms with Crippen LogP contribution < -0.4 is 10.6 Å². The van der Waals surface area contributed by atoms with Gasteiger partial charge in [-0.3, -0.25) is 9.78 Å². The molecule has 0 spiro atoms. The quantitative estimate of drug-likeness (QED) is 0.801. The zero-order chi connectivity index (χ0) is 18.6. The Morgan fingerprint density at radius 3 is 2.89 bits per heavy atom. The highest BCUT2D eigenvalue weighted by atomic mass is 16.5. The van der Waals surface area contributed by atoms with Gasteiger partial charge in [0.25, 0.3) is 0 Å². The molecule has 142 valence electrons. The van der Waals surface area contributed by atoms with E-state index in [1.807, 2.05) is 9.47 Å². The molecule has 2 aromatic rings. The van der Waals surface area contributed by atoms with E-state index >= 15 is 0 Å². The first-order chi connectivity index (χ1) is 13.2. The molecule has 1 fully saturated rings. The van der Waals surface area contributed by atoms with E-state index in [9.17, 15) is 9.59 Å². The van der Waals surface area contributed by atoms with Gasteiger partial charge in [0.1, 0.15) is 11.9 Å². The fourth-order valence-corrected chi connectivity index (χ4v) is 3.41. The third-order valence-corrected chi connectivity index (χ3v) is 4.72. The molecule has 0 aromatic carbocycles. The van der Waals surface area contributed by atoms with E-state index in [0.29, 0.717) is 50.7 Å².